The molecule has 1 aromatic heterocycles. The highest BCUT2D eigenvalue weighted by atomic mass is 127. The van der Waals surface area contributed by atoms with Gasteiger partial charge >= 0.3 is 0 Å². The van der Waals surface area contributed by atoms with Gasteiger partial charge in [-0.15, -0.1) is 0 Å². The Balaban J connectivity index is 1.65. The number of rotatable bonds is 5. The minimum atomic E-state index is -0.543. The lowest BCUT2D eigenvalue weighted by Gasteiger charge is -2.16. The topological polar surface area (TPSA) is 37.2 Å². The number of hydrogen-bond donors (Lipinski definition) is 2. The summed E-state index contributed by atoms with van der Waals surface area (Å²) >= 11 is 10.9. The summed E-state index contributed by atoms with van der Waals surface area (Å²) in [5.41, 5.74) is 3.12. The van der Waals surface area contributed by atoms with Gasteiger partial charge in [-0.05, 0) is 93.7 Å². The molecule has 4 aromatic rings. The first-order chi connectivity index (χ1) is 13.0. The Bertz CT molecular complexity index is 1070. The molecule has 0 saturated carbocycles. The average molecular weight is 603 g/mol. The molecule has 1 atom stereocenters. The lowest BCUT2D eigenvalue weighted by Crippen LogP contribution is -2.25. The third kappa shape index (κ3) is 4.06. The highest BCUT2D eigenvalue weighted by Crippen LogP contribution is 2.31. The SMILES string of the molecule is O[C@@H](CNc1ccccc1Cl)Cn1c2ccc(I)cc2c2cc(I)ccc21. The van der Waals surface area contributed by atoms with E-state index in [-0.39, 0.29) is 0 Å². The van der Waals surface area contributed by atoms with Gasteiger partial charge in [-0.1, -0.05) is 23.7 Å². The van der Waals surface area contributed by atoms with E-state index < -0.39 is 6.10 Å². The smallest absolute Gasteiger partial charge is 0.0891 e. The molecule has 3 nitrogen and oxygen atoms in total. The van der Waals surface area contributed by atoms with Crippen molar-refractivity contribution in [2.24, 2.45) is 0 Å². The van der Waals surface area contributed by atoms with E-state index in [1.807, 2.05) is 24.3 Å². The molecule has 0 unspecified atom stereocenters. The first-order valence-electron chi connectivity index (χ1n) is 8.56. The normalized spacial score (nSPS) is 12.6. The van der Waals surface area contributed by atoms with Crippen LogP contribution in [0.15, 0.2) is 60.7 Å². The molecule has 27 heavy (non-hydrogen) atoms. The van der Waals surface area contributed by atoms with E-state index in [1.54, 1.807) is 0 Å². The van der Waals surface area contributed by atoms with Crippen molar-refractivity contribution in [1.82, 2.24) is 4.57 Å². The van der Waals surface area contributed by atoms with Crippen LogP contribution in [0.2, 0.25) is 5.02 Å². The molecule has 1 heterocycles. The second kappa shape index (κ2) is 8.14. The predicted octanol–water partition coefficient (Wildman–Crippen LogP) is 6.13. The van der Waals surface area contributed by atoms with Crippen molar-refractivity contribution in [1.29, 1.82) is 0 Å². The van der Waals surface area contributed by atoms with Gasteiger partial charge in [0.2, 0.25) is 0 Å². The number of aliphatic hydroxyl groups is 1. The van der Waals surface area contributed by atoms with Crippen molar-refractivity contribution in [2.45, 2.75) is 12.6 Å². The summed E-state index contributed by atoms with van der Waals surface area (Å²) in [5, 5.41) is 17.0. The average Bonchev–Trinajstić information content (AvgIpc) is 2.93. The Morgan fingerprint density at radius 2 is 1.52 bits per heavy atom. The standard InChI is InChI=1S/C21H17ClI2N2O/c22-18-3-1-2-4-19(18)25-11-15(27)12-26-20-7-5-13(23)9-16(20)17-10-14(24)6-8-21(17)26/h1-10,15,25,27H,11-12H2/t15-/m0/s1. The summed E-state index contributed by atoms with van der Waals surface area (Å²) in [6.07, 6.45) is -0.543. The number of hydrogen-bond acceptors (Lipinski definition) is 2. The molecular formula is C21H17ClI2N2O. The monoisotopic (exact) mass is 602 g/mol. The van der Waals surface area contributed by atoms with Crippen LogP contribution in [0.25, 0.3) is 21.8 Å². The quantitative estimate of drug-likeness (QED) is 0.270. The van der Waals surface area contributed by atoms with E-state index in [0.29, 0.717) is 18.1 Å². The maximum atomic E-state index is 10.7. The number of para-hydroxylation sites is 1. The fraction of sp³-hybridized carbons (Fsp3) is 0.143. The maximum Gasteiger partial charge on any atom is 0.0891 e. The summed E-state index contributed by atoms with van der Waals surface area (Å²) in [7, 11) is 0. The van der Waals surface area contributed by atoms with Crippen molar-refractivity contribution >= 4 is 84.3 Å². The van der Waals surface area contributed by atoms with E-state index in [0.717, 1.165) is 16.7 Å². The number of nitrogens with one attached hydrogen (secondary N) is 1. The predicted molar refractivity (Wildman–Crippen MR) is 131 cm³/mol. The van der Waals surface area contributed by atoms with Gasteiger partial charge in [0.25, 0.3) is 0 Å². The van der Waals surface area contributed by atoms with Crippen LogP contribution in [0.5, 0.6) is 0 Å². The first-order valence-corrected chi connectivity index (χ1v) is 11.1. The first kappa shape index (κ1) is 19.3. The van der Waals surface area contributed by atoms with E-state index in [2.05, 4.69) is 91.5 Å². The fourth-order valence-electron chi connectivity index (χ4n) is 3.35. The van der Waals surface area contributed by atoms with Crippen LogP contribution < -0.4 is 5.32 Å². The van der Waals surface area contributed by atoms with Gasteiger partial charge in [0.05, 0.1) is 23.4 Å². The van der Waals surface area contributed by atoms with E-state index in [9.17, 15) is 5.11 Å². The Kier molecular flexibility index (Phi) is 5.82. The molecule has 3 aromatic carbocycles. The minimum Gasteiger partial charge on any atom is -0.389 e. The number of anilines is 1. The maximum absolute atomic E-state index is 10.7. The van der Waals surface area contributed by atoms with Gasteiger partial charge in [-0.2, -0.15) is 0 Å². The highest BCUT2D eigenvalue weighted by Gasteiger charge is 2.15. The van der Waals surface area contributed by atoms with Crippen molar-refractivity contribution in [3.8, 4) is 0 Å². The van der Waals surface area contributed by atoms with Crippen LogP contribution >= 0.6 is 56.8 Å². The number of aromatic nitrogens is 1. The lowest BCUT2D eigenvalue weighted by atomic mass is 10.2. The van der Waals surface area contributed by atoms with Crippen molar-refractivity contribution in [3.05, 3.63) is 72.8 Å². The highest BCUT2D eigenvalue weighted by molar-refractivity contribution is 14.1. The Labute approximate surface area is 190 Å². The molecule has 0 radical (unpaired) electrons. The molecule has 138 valence electrons. The zero-order valence-electron chi connectivity index (χ0n) is 14.3. The van der Waals surface area contributed by atoms with Crippen LogP contribution in [-0.4, -0.2) is 22.3 Å². The van der Waals surface area contributed by atoms with E-state index in [1.165, 1.54) is 17.9 Å². The van der Waals surface area contributed by atoms with Crippen molar-refractivity contribution in [2.75, 3.05) is 11.9 Å². The van der Waals surface area contributed by atoms with E-state index in [4.69, 9.17) is 11.6 Å². The largest absolute Gasteiger partial charge is 0.389 e. The molecule has 0 aliphatic heterocycles. The molecular weight excluding hydrogens is 586 g/mol. The number of aliphatic hydroxyl groups excluding tert-OH is 1. The zero-order chi connectivity index (χ0) is 19.0. The zero-order valence-corrected chi connectivity index (χ0v) is 19.4. The lowest BCUT2D eigenvalue weighted by molar-refractivity contribution is 0.169. The van der Waals surface area contributed by atoms with Gasteiger partial charge in [-0.3, -0.25) is 0 Å². The summed E-state index contributed by atoms with van der Waals surface area (Å²) in [6.45, 7) is 0.943. The third-order valence-corrected chi connectivity index (χ3v) is 6.26. The molecule has 0 aliphatic carbocycles. The van der Waals surface area contributed by atoms with Crippen molar-refractivity contribution < 1.29 is 5.11 Å². The Hall–Kier alpha value is -1.03. The van der Waals surface area contributed by atoms with E-state index >= 15 is 0 Å². The van der Waals surface area contributed by atoms with Crippen LogP contribution in [0.1, 0.15) is 0 Å². The van der Waals surface area contributed by atoms with Crippen molar-refractivity contribution in [3.63, 3.8) is 0 Å². The van der Waals surface area contributed by atoms with Gasteiger partial charge < -0.3 is 15.0 Å². The number of halogens is 3. The second-order valence-corrected chi connectivity index (χ2v) is 9.35. The van der Waals surface area contributed by atoms with Crippen LogP contribution in [-0.2, 0) is 6.54 Å². The van der Waals surface area contributed by atoms with Gasteiger partial charge in [0, 0.05) is 35.5 Å². The molecule has 6 heteroatoms. The Morgan fingerprint density at radius 3 is 2.11 bits per heavy atom. The molecule has 0 aliphatic rings. The van der Waals surface area contributed by atoms with Gasteiger partial charge in [0.1, 0.15) is 0 Å². The van der Waals surface area contributed by atoms with Crippen LogP contribution in [0.3, 0.4) is 0 Å². The number of benzene rings is 3. The van der Waals surface area contributed by atoms with Crippen LogP contribution in [0.4, 0.5) is 5.69 Å². The third-order valence-electron chi connectivity index (χ3n) is 4.58. The molecule has 0 saturated heterocycles. The molecule has 0 fully saturated rings. The number of nitrogens with zero attached hydrogens (tertiary/aromatic N) is 1. The molecule has 0 amide bonds. The molecule has 0 spiro atoms. The summed E-state index contributed by atoms with van der Waals surface area (Å²) in [6, 6.07) is 20.5. The molecule has 4 rings (SSSR count). The van der Waals surface area contributed by atoms with Gasteiger partial charge in [-0.25, -0.2) is 0 Å². The molecule has 2 N–H and O–H groups in total. The summed E-state index contributed by atoms with van der Waals surface area (Å²) < 4.78 is 4.62. The number of fused-ring (bicyclic) bond motifs is 3. The van der Waals surface area contributed by atoms with Crippen LogP contribution in [0, 0.1) is 7.14 Å². The van der Waals surface area contributed by atoms with Gasteiger partial charge in [0.15, 0.2) is 0 Å². The minimum absolute atomic E-state index is 0.430. The molecule has 0 bridgehead atoms. The second-order valence-electron chi connectivity index (χ2n) is 6.45. The summed E-state index contributed by atoms with van der Waals surface area (Å²) in [5.74, 6) is 0. The summed E-state index contributed by atoms with van der Waals surface area (Å²) in [4.78, 5) is 0. The fourth-order valence-corrected chi connectivity index (χ4v) is 4.54. The Morgan fingerprint density at radius 1 is 0.926 bits per heavy atom.